The zero-order valence-electron chi connectivity index (χ0n) is 7.92. The fourth-order valence-electron chi connectivity index (χ4n) is 1.27. The Hall–Kier alpha value is 0.270. The van der Waals surface area contributed by atoms with Gasteiger partial charge in [0.05, 0.1) is 12.1 Å². The second kappa shape index (κ2) is 3.99. The van der Waals surface area contributed by atoms with Crippen LogP contribution in [0.15, 0.2) is 0 Å². The largest absolute Gasteiger partial charge is 0.394 e. The van der Waals surface area contributed by atoms with Crippen LogP contribution in [0.2, 0.25) is 0 Å². The van der Waals surface area contributed by atoms with Crippen molar-refractivity contribution in [2.75, 3.05) is 12.4 Å². The zero-order chi connectivity index (χ0) is 9.19. The smallest absolute Gasteiger partial charge is 0.0622 e. The molecule has 1 aliphatic rings. The third-order valence-electron chi connectivity index (χ3n) is 2.37. The number of aliphatic hydroxyl groups is 1. The van der Waals surface area contributed by atoms with E-state index in [1.165, 1.54) is 12.8 Å². The Bertz CT molecular complexity index is 147. The van der Waals surface area contributed by atoms with Gasteiger partial charge in [0.1, 0.15) is 0 Å². The van der Waals surface area contributed by atoms with Gasteiger partial charge >= 0.3 is 0 Å². The average molecular weight is 189 g/mol. The molecule has 0 aromatic rings. The van der Waals surface area contributed by atoms with E-state index in [2.05, 4.69) is 13.8 Å². The van der Waals surface area contributed by atoms with Crippen LogP contribution in [-0.2, 0) is 0 Å². The van der Waals surface area contributed by atoms with Gasteiger partial charge in [0.15, 0.2) is 0 Å². The predicted octanol–water partition coefficient (Wildman–Crippen LogP) is 1.23. The van der Waals surface area contributed by atoms with Crippen LogP contribution in [0.4, 0.5) is 0 Å². The highest BCUT2D eigenvalue weighted by Crippen LogP contribution is 2.40. The van der Waals surface area contributed by atoms with E-state index in [0.717, 1.165) is 5.75 Å². The summed E-state index contributed by atoms with van der Waals surface area (Å²) in [6.07, 6.45) is 2.41. The molecule has 1 unspecified atom stereocenters. The lowest BCUT2D eigenvalue weighted by atomic mass is 9.99. The molecule has 0 aliphatic heterocycles. The van der Waals surface area contributed by atoms with Crippen molar-refractivity contribution < 1.29 is 5.11 Å². The first-order valence-electron chi connectivity index (χ1n) is 4.60. The molecule has 1 aliphatic carbocycles. The molecule has 2 nitrogen and oxygen atoms in total. The van der Waals surface area contributed by atoms with Gasteiger partial charge in [0, 0.05) is 5.75 Å². The summed E-state index contributed by atoms with van der Waals surface area (Å²) in [6.45, 7) is 4.46. The molecule has 0 aromatic carbocycles. The van der Waals surface area contributed by atoms with Crippen LogP contribution < -0.4 is 5.73 Å². The van der Waals surface area contributed by atoms with Gasteiger partial charge in [-0.15, -0.1) is 0 Å². The van der Waals surface area contributed by atoms with Crippen LogP contribution in [0.5, 0.6) is 0 Å². The molecule has 0 amide bonds. The fraction of sp³-hybridized carbons (Fsp3) is 1.00. The molecule has 3 N–H and O–H groups in total. The Kier molecular flexibility index (Phi) is 3.44. The van der Waals surface area contributed by atoms with Crippen molar-refractivity contribution in [1.82, 2.24) is 0 Å². The summed E-state index contributed by atoms with van der Waals surface area (Å²) in [6, 6.07) is 0. The van der Waals surface area contributed by atoms with Gasteiger partial charge in [0.2, 0.25) is 0 Å². The maximum absolute atomic E-state index is 9.17. The van der Waals surface area contributed by atoms with Crippen molar-refractivity contribution in [3.63, 3.8) is 0 Å². The molecule has 0 heterocycles. The quantitative estimate of drug-likeness (QED) is 0.684. The van der Waals surface area contributed by atoms with Crippen molar-refractivity contribution in [3.8, 4) is 0 Å². The summed E-state index contributed by atoms with van der Waals surface area (Å²) in [4.78, 5) is 0. The van der Waals surface area contributed by atoms with Crippen LogP contribution in [0.1, 0.15) is 26.7 Å². The number of rotatable bonds is 5. The monoisotopic (exact) mass is 189 g/mol. The predicted molar refractivity (Wildman–Crippen MR) is 54.3 cm³/mol. The molecule has 0 spiro atoms. The summed E-state index contributed by atoms with van der Waals surface area (Å²) in [5.74, 6) is 1.47. The van der Waals surface area contributed by atoms with Crippen LogP contribution >= 0.6 is 11.8 Å². The summed E-state index contributed by atoms with van der Waals surface area (Å²) in [5, 5.41) is 9.78. The van der Waals surface area contributed by atoms with E-state index in [-0.39, 0.29) is 12.1 Å². The van der Waals surface area contributed by atoms with Crippen molar-refractivity contribution in [2.45, 2.75) is 37.5 Å². The number of aliphatic hydroxyl groups excluding tert-OH is 1. The maximum Gasteiger partial charge on any atom is 0.0622 e. The number of thioether (sulfide) groups is 1. The van der Waals surface area contributed by atoms with Crippen LogP contribution in [0.3, 0.4) is 0 Å². The first-order valence-corrected chi connectivity index (χ1v) is 5.65. The molecule has 72 valence electrons. The zero-order valence-corrected chi connectivity index (χ0v) is 8.73. The van der Waals surface area contributed by atoms with E-state index < -0.39 is 0 Å². The molecule has 1 saturated carbocycles. The third-order valence-corrected chi connectivity index (χ3v) is 3.74. The normalized spacial score (nSPS) is 22.8. The Morgan fingerprint density at radius 1 is 1.58 bits per heavy atom. The average Bonchev–Trinajstić information content (AvgIpc) is 2.82. The summed E-state index contributed by atoms with van der Waals surface area (Å²) >= 11 is 1.85. The highest BCUT2D eigenvalue weighted by Gasteiger charge is 2.41. The molecule has 0 radical (unpaired) electrons. The topological polar surface area (TPSA) is 46.2 Å². The lowest BCUT2D eigenvalue weighted by molar-refractivity contribution is 0.194. The highest BCUT2D eigenvalue weighted by atomic mass is 32.2. The van der Waals surface area contributed by atoms with Gasteiger partial charge in [-0.3, -0.25) is 0 Å². The molecule has 3 heteroatoms. The molecule has 0 saturated heterocycles. The number of hydrogen-bond donors (Lipinski definition) is 2. The van der Waals surface area contributed by atoms with Crippen molar-refractivity contribution >= 4 is 11.8 Å². The van der Waals surface area contributed by atoms with Crippen LogP contribution in [0.25, 0.3) is 0 Å². The fourth-order valence-corrected chi connectivity index (χ4v) is 2.24. The van der Waals surface area contributed by atoms with Gasteiger partial charge in [-0.25, -0.2) is 0 Å². The highest BCUT2D eigenvalue weighted by molar-refractivity contribution is 7.99. The minimum absolute atomic E-state index is 0.136. The standard InChI is InChI=1S/C9H19NOS/c1-7(2)12-6-9(10,5-11)8-3-4-8/h7-8,11H,3-6,10H2,1-2H3. The number of nitrogens with two attached hydrogens (primary N) is 1. The van der Waals surface area contributed by atoms with Gasteiger partial charge < -0.3 is 10.8 Å². The van der Waals surface area contributed by atoms with Gasteiger partial charge in [-0.2, -0.15) is 11.8 Å². The van der Waals surface area contributed by atoms with E-state index >= 15 is 0 Å². The lowest BCUT2D eigenvalue weighted by Gasteiger charge is -2.27. The Morgan fingerprint density at radius 3 is 2.50 bits per heavy atom. The van der Waals surface area contributed by atoms with E-state index in [1.807, 2.05) is 11.8 Å². The lowest BCUT2D eigenvalue weighted by Crippen LogP contribution is -2.48. The van der Waals surface area contributed by atoms with Gasteiger partial charge in [-0.05, 0) is 24.0 Å². The summed E-state index contributed by atoms with van der Waals surface area (Å²) in [5.41, 5.74) is 5.78. The second-order valence-electron chi connectivity index (χ2n) is 4.03. The van der Waals surface area contributed by atoms with E-state index in [0.29, 0.717) is 11.2 Å². The molecular weight excluding hydrogens is 170 g/mol. The Balaban J connectivity index is 2.33. The first kappa shape index (κ1) is 10.4. The summed E-state index contributed by atoms with van der Waals surface area (Å²) in [7, 11) is 0. The molecule has 12 heavy (non-hydrogen) atoms. The molecule has 0 aromatic heterocycles. The minimum Gasteiger partial charge on any atom is -0.394 e. The number of hydrogen-bond acceptors (Lipinski definition) is 3. The molecule has 1 fully saturated rings. The van der Waals surface area contributed by atoms with E-state index in [1.54, 1.807) is 0 Å². The van der Waals surface area contributed by atoms with E-state index in [9.17, 15) is 5.11 Å². The van der Waals surface area contributed by atoms with Crippen LogP contribution in [-0.4, -0.2) is 28.3 Å². The second-order valence-corrected chi connectivity index (χ2v) is 5.59. The van der Waals surface area contributed by atoms with Crippen LogP contribution in [0, 0.1) is 5.92 Å². The Morgan fingerprint density at radius 2 is 2.17 bits per heavy atom. The van der Waals surface area contributed by atoms with Crippen molar-refractivity contribution in [2.24, 2.45) is 11.7 Å². The molecular formula is C9H19NOS. The first-order chi connectivity index (χ1) is 5.58. The molecule has 1 rings (SSSR count). The maximum atomic E-state index is 9.17. The van der Waals surface area contributed by atoms with Gasteiger partial charge in [0.25, 0.3) is 0 Å². The third kappa shape index (κ3) is 2.64. The van der Waals surface area contributed by atoms with Crippen molar-refractivity contribution in [1.29, 1.82) is 0 Å². The summed E-state index contributed by atoms with van der Waals surface area (Å²) < 4.78 is 0. The van der Waals surface area contributed by atoms with Crippen molar-refractivity contribution in [3.05, 3.63) is 0 Å². The SMILES string of the molecule is CC(C)SCC(N)(CO)C1CC1. The minimum atomic E-state index is -0.297. The molecule has 0 bridgehead atoms. The van der Waals surface area contributed by atoms with E-state index in [4.69, 9.17) is 5.73 Å². The molecule has 1 atom stereocenters. The Labute approximate surface area is 78.9 Å². The van der Waals surface area contributed by atoms with Gasteiger partial charge in [-0.1, -0.05) is 13.8 Å².